The van der Waals surface area contributed by atoms with Crippen molar-refractivity contribution in [2.24, 2.45) is 0 Å². The van der Waals surface area contributed by atoms with Gasteiger partial charge in [0.2, 0.25) is 0 Å². The van der Waals surface area contributed by atoms with Gasteiger partial charge in [-0.1, -0.05) is 18.2 Å². The zero-order valence-corrected chi connectivity index (χ0v) is 14.0. The standard InChI is InChI=1S/C14H25ClNO3.ClH/c1-12(2)14(18)19-11-10-16(4,8-5-7-15)9-6-13(3)17;/h5,7,13,17H,1,6,8-11H2,2-4H3;1H/q+1;/p-1. The Morgan fingerprint density at radius 1 is 1.50 bits per heavy atom. The van der Waals surface area contributed by atoms with Crippen molar-refractivity contribution in [3.8, 4) is 0 Å². The zero-order chi connectivity index (χ0) is 14.9. The molecule has 0 rings (SSSR count). The number of hydrogen-bond donors (Lipinski definition) is 1. The predicted molar refractivity (Wildman–Crippen MR) is 77.8 cm³/mol. The summed E-state index contributed by atoms with van der Waals surface area (Å²) in [5.41, 5.74) is 1.89. The number of aliphatic hydroxyl groups excluding tert-OH is 1. The van der Waals surface area contributed by atoms with Gasteiger partial charge in [-0.3, -0.25) is 0 Å². The molecule has 0 aliphatic carbocycles. The molecule has 118 valence electrons. The lowest BCUT2D eigenvalue weighted by Crippen LogP contribution is -3.00. The highest BCUT2D eigenvalue weighted by Gasteiger charge is 2.21. The average Bonchev–Trinajstić information content (AvgIpc) is 2.34. The maximum absolute atomic E-state index is 11.3. The topological polar surface area (TPSA) is 46.5 Å². The van der Waals surface area contributed by atoms with E-state index in [2.05, 4.69) is 6.58 Å². The van der Waals surface area contributed by atoms with Crippen LogP contribution in [-0.2, 0) is 9.53 Å². The van der Waals surface area contributed by atoms with Crippen molar-refractivity contribution in [2.75, 3.05) is 33.3 Å². The van der Waals surface area contributed by atoms with Crippen LogP contribution >= 0.6 is 11.6 Å². The van der Waals surface area contributed by atoms with E-state index in [0.717, 1.165) is 13.1 Å². The van der Waals surface area contributed by atoms with Crippen molar-refractivity contribution >= 4 is 17.6 Å². The Labute approximate surface area is 133 Å². The molecule has 0 amide bonds. The van der Waals surface area contributed by atoms with E-state index in [0.29, 0.717) is 29.6 Å². The highest BCUT2D eigenvalue weighted by atomic mass is 35.5. The van der Waals surface area contributed by atoms with Crippen molar-refractivity contribution in [1.29, 1.82) is 0 Å². The van der Waals surface area contributed by atoms with E-state index in [1.807, 2.05) is 13.1 Å². The van der Waals surface area contributed by atoms with Crippen LogP contribution in [0.3, 0.4) is 0 Å². The maximum atomic E-state index is 11.3. The molecule has 0 heterocycles. The Balaban J connectivity index is 0. The van der Waals surface area contributed by atoms with Crippen LogP contribution < -0.4 is 12.4 Å². The Morgan fingerprint density at radius 2 is 2.10 bits per heavy atom. The van der Waals surface area contributed by atoms with Crippen LogP contribution in [0.5, 0.6) is 0 Å². The molecule has 0 bridgehead atoms. The molecule has 1 N–H and O–H groups in total. The van der Waals surface area contributed by atoms with E-state index in [1.54, 1.807) is 13.8 Å². The van der Waals surface area contributed by atoms with Crippen molar-refractivity contribution in [1.82, 2.24) is 0 Å². The Bertz CT molecular complexity index is 332. The Kier molecular flexibility index (Phi) is 12.1. The van der Waals surface area contributed by atoms with Gasteiger partial charge < -0.3 is 26.7 Å². The summed E-state index contributed by atoms with van der Waals surface area (Å²) in [6.45, 7) is 9.47. The number of halogens is 2. The first-order valence-corrected chi connectivity index (χ1v) is 6.84. The minimum Gasteiger partial charge on any atom is -1.00 e. The molecule has 4 nitrogen and oxygen atoms in total. The number of carbonyl (C=O) groups is 1. The lowest BCUT2D eigenvalue weighted by molar-refractivity contribution is -0.904. The third-order valence-electron chi connectivity index (χ3n) is 2.93. The third-order valence-corrected chi connectivity index (χ3v) is 3.11. The van der Waals surface area contributed by atoms with Gasteiger partial charge in [0.25, 0.3) is 0 Å². The van der Waals surface area contributed by atoms with Gasteiger partial charge in [-0.15, -0.1) is 0 Å². The van der Waals surface area contributed by atoms with Gasteiger partial charge >= 0.3 is 5.97 Å². The fourth-order valence-corrected chi connectivity index (χ4v) is 1.65. The fraction of sp³-hybridized carbons (Fsp3) is 0.643. The molecule has 0 saturated carbocycles. The normalized spacial score (nSPS) is 15.2. The second-order valence-electron chi connectivity index (χ2n) is 5.16. The van der Waals surface area contributed by atoms with Crippen LogP contribution in [0.1, 0.15) is 20.3 Å². The third kappa shape index (κ3) is 10.3. The number of esters is 1. The first-order chi connectivity index (χ1) is 8.80. The fourth-order valence-electron chi connectivity index (χ4n) is 1.57. The largest absolute Gasteiger partial charge is 1.00 e. The zero-order valence-electron chi connectivity index (χ0n) is 12.4. The molecule has 2 unspecified atom stereocenters. The number of aliphatic hydroxyl groups is 1. The van der Waals surface area contributed by atoms with Crippen molar-refractivity contribution < 1.29 is 31.5 Å². The summed E-state index contributed by atoms with van der Waals surface area (Å²) in [4.78, 5) is 11.3. The molecule has 6 heteroatoms. The van der Waals surface area contributed by atoms with Crippen LogP contribution in [0.25, 0.3) is 0 Å². The van der Waals surface area contributed by atoms with Crippen LogP contribution in [0.4, 0.5) is 0 Å². The van der Waals surface area contributed by atoms with Gasteiger partial charge in [0, 0.05) is 17.5 Å². The molecule has 0 radical (unpaired) electrons. The lowest BCUT2D eigenvalue weighted by atomic mass is 10.2. The van der Waals surface area contributed by atoms with Crippen molar-refractivity contribution in [2.45, 2.75) is 26.4 Å². The summed E-state index contributed by atoms with van der Waals surface area (Å²) in [5, 5.41) is 9.38. The minimum absolute atomic E-state index is 0. The van der Waals surface area contributed by atoms with E-state index >= 15 is 0 Å². The number of ether oxygens (including phenoxy) is 1. The van der Waals surface area contributed by atoms with Crippen LogP contribution in [0.15, 0.2) is 23.8 Å². The second kappa shape index (κ2) is 11.1. The van der Waals surface area contributed by atoms with Crippen LogP contribution in [0, 0.1) is 0 Å². The van der Waals surface area contributed by atoms with Gasteiger partial charge in [-0.2, -0.15) is 0 Å². The number of quaternary nitrogens is 1. The van der Waals surface area contributed by atoms with E-state index < -0.39 is 0 Å². The number of nitrogens with zero attached hydrogens (tertiary/aromatic N) is 1. The summed E-state index contributed by atoms with van der Waals surface area (Å²) in [6, 6.07) is 0. The minimum atomic E-state index is -0.366. The summed E-state index contributed by atoms with van der Waals surface area (Å²) in [5.74, 6) is -0.366. The maximum Gasteiger partial charge on any atom is 0.333 e. The summed E-state index contributed by atoms with van der Waals surface area (Å²) in [6.07, 6.45) is 2.22. The van der Waals surface area contributed by atoms with Crippen LogP contribution in [-0.4, -0.2) is 55.0 Å². The lowest BCUT2D eigenvalue weighted by Gasteiger charge is -2.33. The van der Waals surface area contributed by atoms with E-state index in [9.17, 15) is 9.90 Å². The number of carbonyl (C=O) groups excluding carboxylic acids is 1. The molecule has 0 aromatic heterocycles. The molecule has 20 heavy (non-hydrogen) atoms. The molecule has 0 spiro atoms. The van der Waals surface area contributed by atoms with Crippen molar-refractivity contribution in [3.63, 3.8) is 0 Å². The highest BCUT2D eigenvalue weighted by Crippen LogP contribution is 2.07. The molecular weight excluding hydrogens is 301 g/mol. The second-order valence-corrected chi connectivity index (χ2v) is 5.42. The molecule has 0 aliphatic rings. The van der Waals surface area contributed by atoms with Gasteiger partial charge in [-0.25, -0.2) is 4.79 Å². The van der Waals surface area contributed by atoms with Gasteiger partial charge in [0.1, 0.15) is 13.2 Å². The van der Waals surface area contributed by atoms with E-state index in [4.69, 9.17) is 16.3 Å². The molecule has 0 saturated heterocycles. The first-order valence-electron chi connectivity index (χ1n) is 6.40. The van der Waals surface area contributed by atoms with E-state index in [1.165, 1.54) is 5.54 Å². The molecular formula is C14H25Cl2NO3. The van der Waals surface area contributed by atoms with E-state index in [-0.39, 0.29) is 24.5 Å². The molecule has 0 aliphatic heterocycles. The SMILES string of the molecule is C=C(C)C(=O)OCC[N+](C)(CC=CCl)CCC(C)O.[Cl-]. The van der Waals surface area contributed by atoms with Gasteiger partial charge in [-0.05, 0) is 19.9 Å². The summed E-state index contributed by atoms with van der Waals surface area (Å²) in [7, 11) is 2.05. The van der Waals surface area contributed by atoms with Gasteiger partial charge in [0.15, 0.2) is 0 Å². The summed E-state index contributed by atoms with van der Waals surface area (Å²) < 4.78 is 5.78. The smallest absolute Gasteiger partial charge is 0.333 e. The van der Waals surface area contributed by atoms with Crippen molar-refractivity contribution in [3.05, 3.63) is 23.8 Å². The molecule has 0 aromatic carbocycles. The summed E-state index contributed by atoms with van der Waals surface area (Å²) >= 11 is 5.56. The first kappa shape index (κ1) is 21.7. The number of hydrogen-bond acceptors (Lipinski definition) is 3. The molecule has 0 aromatic rings. The Morgan fingerprint density at radius 3 is 2.55 bits per heavy atom. The van der Waals surface area contributed by atoms with Crippen LogP contribution in [0.2, 0.25) is 0 Å². The highest BCUT2D eigenvalue weighted by molar-refractivity contribution is 6.25. The molecule has 0 fully saturated rings. The monoisotopic (exact) mass is 325 g/mol. The number of likely N-dealkylation sites (N-methyl/N-ethyl adjacent to an activating group) is 1. The molecule has 2 atom stereocenters. The predicted octanol–water partition coefficient (Wildman–Crippen LogP) is -0.920. The average molecular weight is 326 g/mol. The Hall–Kier alpha value is -0.550. The van der Waals surface area contributed by atoms with Gasteiger partial charge in [0.05, 0.1) is 26.2 Å². The number of rotatable bonds is 9. The quantitative estimate of drug-likeness (QED) is 0.339.